The highest BCUT2D eigenvalue weighted by atomic mass is 35.5. The Kier molecular flexibility index (Phi) is 6.37. The maximum Gasteiger partial charge on any atom is 0.431 e. The van der Waals surface area contributed by atoms with E-state index in [1.165, 1.54) is 12.1 Å². The van der Waals surface area contributed by atoms with E-state index in [0.29, 0.717) is 0 Å². The molecule has 0 unspecified atom stereocenters. The molecule has 0 amide bonds. The summed E-state index contributed by atoms with van der Waals surface area (Å²) in [4.78, 5) is 40.6. The van der Waals surface area contributed by atoms with Crippen LogP contribution in [0.25, 0.3) is 5.69 Å². The summed E-state index contributed by atoms with van der Waals surface area (Å²) in [5.41, 5.74) is -2.62. The normalized spacial score (nSPS) is 14.2. The Morgan fingerprint density at radius 3 is 2.48 bits per heavy atom. The number of ether oxygens (including phenoxy) is 1. The Hall–Kier alpha value is -3.59. The maximum absolute atomic E-state index is 14.6. The van der Waals surface area contributed by atoms with E-state index >= 15 is 0 Å². The Bertz CT molecular complexity index is 1260. The van der Waals surface area contributed by atoms with Gasteiger partial charge in [-0.3, -0.25) is 14.2 Å². The molecular weight excluding hydrogens is 480 g/mol. The number of amidine groups is 1. The molecule has 3 rings (SSSR count). The molecule has 0 bridgehead atoms. The molecule has 1 aliphatic heterocycles. The van der Waals surface area contributed by atoms with Crippen LogP contribution in [0.1, 0.15) is 12.6 Å². The summed E-state index contributed by atoms with van der Waals surface area (Å²) in [5.74, 6) is -1.81. The first-order valence-electron chi connectivity index (χ1n) is 8.88. The second-order valence-electron chi connectivity index (χ2n) is 6.57. The molecule has 0 radical (unpaired) electrons. The van der Waals surface area contributed by atoms with Crippen LogP contribution in [-0.4, -0.2) is 44.9 Å². The van der Waals surface area contributed by atoms with Crippen LogP contribution in [0.15, 0.2) is 32.9 Å². The van der Waals surface area contributed by atoms with Gasteiger partial charge in [-0.2, -0.15) is 18.7 Å². The first kappa shape index (κ1) is 24.1. The molecule has 0 saturated heterocycles. The van der Waals surface area contributed by atoms with Gasteiger partial charge in [-0.05, 0) is 6.07 Å². The van der Waals surface area contributed by atoms with E-state index in [1.54, 1.807) is 0 Å². The van der Waals surface area contributed by atoms with Crippen molar-refractivity contribution in [3.05, 3.63) is 55.6 Å². The molecule has 1 aromatic carbocycles. The summed E-state index contributed by atoms with van der Waals surface area (Å²) in [6.07, 6.45) is -4.97. The van der Waals surface area contributed by atoms with Crippen molar-refractivity contribution >= 4 is 23.4 Å². The van der Waals surface area contributed by atoms with Crippen LogP contribution >= 0.6 is 11.6 Å². The molecule has 33 heavy (non-hydrogen) atoms. The van der Waals surface area contributed by atoms with E-state index in [4.69, 9.17) is 21.2 Å². The van der Waals surface area contributed by atoms with Crippen molar-refractivity contribution in [1.29, 1.82) is 0 Å². The van der Waals surface area contributed by atoms with Crippen molar-refractivity contribution in [2.24, 2.45) is 12.1 Å². The van der Waals surface area contributed by atoms with E-state index in [9.17, 15) is 31.9 Å². The number of hydrazone groups is 1. The van der Waals surface area contributed by atoms with E-state index in [1.807, 2.05) is 0 Å². The minimum atomic E-state index is -4.97. The minimum absolute atomic E-state index is 0.174. The molecule has 1 aromatic heterocycles. The third-order valence-electron chi connectivity index (χ3n) is 4.34. The fourth-order valence-electron chi connectivity index (χ4n) is 2.74. The second kappa shape index (κ2) is 8.74. The maximum atomic E-state index is 14.6. The fraction of sp³-hybridized carbons (Fsp3) is 0.294. The van der Waals surface area contributed by atoms with Crippen molar-refractivity contribution in [2.75, 3.05) is 13.7 Å². The van der Waals surface area contributed by atoms with Gasteiger partial charge in [0.05, 0.1) is 16.0 Å². The van der Waals surface area contributed by atoms with Gasteiger partial charge in [0.25, 0.3) is 5.56 Å². The van der Waals surface area contributed by atoms with Crippen LogP contribution in [0.4, 0.5) is 17.6 Å². The summed E-state index contributed by atoms with van der Waals surface area (Å²) in [7, 11) is 2.26. The van der Waals surface area contributed by atoms with Gasteiger partial charge in [0.1, 0.15) is 23.9 Å². The highest BCUT2D eigenvalue weighted by Gasteiger charge is 2.35. The van der Waals surface area contributed by atoms with Crippen molar-refractivity contribution in [3.8, 4) is 11.4 Å². The van der Waals surface area contributed by atoms with Crippen LogP contribution in [0.5, 0.6) is 5.75 Å². The van der Waals surface area contributed by atoms with E-state index in [0.717, 1.165) is 31.4 Å². The lowest BCUT2D eigenvalue weighted by Gasteiger charge is -2.22. The Balaban J connectivity index is 1.94. The van der Waals surface area contributed by atoms with Gasteiger partial charge >= 0.3 is 17.8 Å². The number of nitrogens with one attached hydrogen (secondary N) is 1. The number of halogens is 5. The summed E-state index contributed by atoms with van der Waals surface area (Å²) in [5, 5.41) is 5.75. The number of aromatic nitrogens is 2. The largest absolute Gasteiger partial charge is 0.484 e. The Labute approximate surface area is 186 Å². The molecule has 0 saturated carbocycles. The standard InChI is InChI=1S/C17H15ClF4N6O5/c1-8(29)33-28-24-23-14(26(28)3)7-32-12-5-11(10(19)4-9(12)18)27-15(30)6-13(17(20,21)22)25(2)16(27)31/h4-6,24H,7H2,1-3H3. The number of nitrogens with zero attached hydrogens (tertiary/aromatic N) is 5. The van der Waals surface area contributed by atoms with Crippen LogP contribution in [0.2, 0.25) is 5.02 Å². The number of carbonyl (C=O) groups is 1. The molecule has 11 nitrogen and oxygen atoms in total. The lowest BCUT2D eigenvalue weighted by atomic mass is 10.2. The van der Waals surface area contributed by atoms with E-state index in [-0.39, 0.29) is 38.4 Å². The molecule has 178 valence electrons. The summed E-state index contributed by atoms with van der Waals surface area (Å²) < 4.78 is 59.5. The smallest absolute Gasteiger partial charge is 0.431 e. The lowest BCUT2D eigenvalue weighted by molar-refractivity contribution is -0.256. The molecule has 0 aliphatic carbocycles. The molecule has 0 atom stereocenters. The Morgan fingerprint density at radius 1 is 1.21 bits per heavy atom. The van der Waals surface area contributed by atoms with Crippen LogP contribution in [-0.2, 0) is 22.9 Å². The average Bonchev–Trinajstić information content (AvgIpc) is 3.03. The number of rotatable bonds is 5. The molecule has 2 aromatic rings. The van der Waals surface area contributed by atoms with Gasteiger partial charge in [0.2, 0.25) is 0 Å². The van der Waals surface area contributed by atoms with E-state index in [2.05, 4.69) is 10.6 Å². The zero-order chi connectivity index (χ0) is 24.7. The van der Waals surface area contributed by atoms with E-state index < -0.39 is 40.6 Å². The van der Waals surface area contributed by atoms with Crippen molar-refractivity contribution in [3.63, 3.8) is 0 Å². The highest BCUT2D eigenvalue weighted by molar-refractivity contribution is 6.32. The van der Waals surface area contributed by atoms with Crippen molar-refractivity contribution < 1.29 is 31.9 Å². The van der Waals surface area contributed by atoms with Gasteiger partial charge in [-0.25, -0.2) is 18.8 Å². The first-order valence-corrected chi connectivity index (χ1v) is 9.26. The number of hydrogen-bond donors (Lipinski definition) is 1. The van der Waals surface area contributed by atoms with Crippen LogP contribution in [0, 0.1) is 5.82 Å². The Morgan fingerprint density at radius 2 is 1.88 bits per heavy atom. The molecule has 1 N–H and O–H groups in total. The number of hydrazine groups is 2. The molecule has 16 heteroatoms. The van der Waals surface area contributed by atoms with Gasteiger partial charge in [0, 0.05) is 33.2 Å². The second-order valence-corrected chi connectivity index (χ2v) is 6.98. The topological polar surface area (TPSA) is 110 Å². The SMILES string of the molecule is CC(=O)ON1NN=C(COc2cc(-n3c(=O)cc(C(F)(F)F)n(C)c3=O)c(F)cc2Cl)N1C. The summed E-state index contributed by atoms with van der Waals surface area (Å²) in [6, 6.07) is 1.80. The number of hydrogen-bond acceptors (Lipinski definition) is 9. The number of benzene rings is 1. The fourth-order valence-corrected chi connectivity index (χ4v) is 2.94. The minimum Gasteiger partial charge on any atom is -0.484 e. The van der Waals surface area contributed by atoms with Gasteiger partial charge < -0.3 is 9.57 Å². The lowest BCUT2D eigenvalue weighted by Crippen LogP contribution is -2.45. The predicted molar refractivity (Wildman–Crippen MR) is 105 cm³/mol. The molecule has 2 heterocycles. The number of carbonyl (C=O) groups excluding carboxylic acids is 1. The predicted octanol–water partition coefficient (Wildman–Crippen LogP) is 1.18. The van der Waals surface area contributed by atoms with Crippen molar-refractivity contribution in [1.82, 2.24) is 25.0 Å². The zero-order valence-electron chi connectivity index (χ0n) is 17.1. The quantitative estimate of drug-likeness (QED) is 0.617. The van der Waals surface area contributed by atoms with Gasteiger partial charge in [0.15, 0.2) is 5.84 Å². The molecule has 1 aliphatic rings. The van der Waals surface area contributed by atoms with Crippen molar-refractivity contribution in [2.45, 2.75) is 13.1 Å². The van der Waals surface area contributed by atoms with Gasteiger partial charge in [-0.15, -0.1) is 5.10 Å². The number of likely N-dealkylation sites (N-methyl/N-ethyl adjacent to an activating group) is 1. The highest BCUT2D eigenvalue weighted by Crippen LogP contribution is 2.30. The van der Waals surface area contributed by atoms with Crippen LogP contribution < -0.4 is 21.5 Å². The van der Waals surface area contributed by atoms with Gasteiger partial charge in [-0.1, -0.05) is 11.6 Å². The zero-order valence-corrected chi connectivity index (χ0v) is 17.9. The van der Waals surface area contributed by atoms with Crippen LogP contribution in [0.3, 0.4) is 0 Å². The third-order valence-corrected chi connectivity index (χ3v) is 4.63. The first-order chi connectivity index (χ1) is 15.3. The average molecular weight is 495 g/mol. The third kappa shape index (κ3) is 4.78. The monoisotopic (exact) mass is 494 g/mol. The molecule has 0 fully saturated rings. The summed E-state index contributed by atoms with van der Waals surface area (Å²) in [6.45, 7) is 0.864. The molecule has 0 spiro atoms. The molecular formula is C17H15ClF4N6O5. The number of alkyl halides is 3. The summed E-state index contributed by atoms with van der Waals surface area (Å²) >= 11 is 5.97.